The molecule has 0 saturated carbocycles. The Hall–Kier alpha value is -3.51. The van der Waals surface area contributed by atoms with Crippen LogP contribution in [0.1, 0.15) is 22.3 Å². The maximum absolute atomic E-state index is 11.3. The molecule has 9 nitrogen and oxygen atoms in total. The number of aliphatic carboxylic acids is 1. The van der Waals surface area contributed by atoms with Gasteiger partial charge in [-0.25, -0.2) is 9.59 Å². The fraction of sp³-hybridized carbons (Fsp3) is 0.400. The van der Waals surface area contributed by atoms with Gasteiger partial charge in [0.2, 0.25) is 0 Å². The molecule has 0 bridgehead atoms. The highest BCUT2D eigenvalue weighted by Crippen LogP contribution is 2.25. The SMILES string of the molecule is COCCCN=C(Nc1cccc(C(=O)O)c1)N1CCN(c2cc(Cl)ccc2C)CC1.O=C(O)C(F)(F)F. The summed E-state index contributed by atoms with van der Waals surface area (Å²) in [6.45, 7) is 6.64. The van der Waals surface area contributed by atoms with Gasteiger partial charge in [-0.3, -0.25) is 4.99 Å². The molecule has 0 radical (unpaired) electrons. The maximum atomic E-state index is 11.3. The monoisotopic (exact) mass is 558 g/mol. The molecule has 1 aliphatic rings. The summed E-state index contributed by atoms with van der Waals surface area (Å²) in [5.74, 6) is -2.96. The standard InChI is InChI=1S/C23H29ClN4O3.C2HF3O2/c1-17-7-8-19(24)16-21(17)27-10-12-28(13-11-27)23(25-9-4-14-31-2)26-20-6-3-5-18(15-20)22(29)30;3-2(4,5)1(6)7/h3,5-8,15-16H,4,9-14H2,1-2H3,(H,25,26)(H,29,30);(H,6,7). The number of carboxylic acids is 2. The number of methoxy groups -OCH3 is 1. The van der Waals surface area contributed by atoms with Crippen molar-refractivity contribution in [2.24, 2.45) is 4.99 Å². The summed E-state index contributed by atoms with van der Waals surface area (Å²) in [6, 6.07) is 12.8. The van der Waals surface area contributed by atoms with Gasteiger partial charge >= 0.3 is 18.1 Å². The van der Waals surface area contributed by atoms with Crippen molar-refractivity contribution in [2.45, 2.75) is 19.5 Å². The highest BCUT2D eigenvalue weighted by Gasteiger charge is 2.38. The summed E-state index contributed by atoms with van der Waals surface area (Å²) >= 11 is 6.21. The van der Waals surface area contributed by atoms with Crippen molar-refractivity contribution in [2.75, 3.05) is 56.7 Å². The molecule has 2 aromatic rings. The molecule has 0 aliphatic carbocycles. The highest BCUT2D eigenvalue weighted by molar-refractivity contribution is 6.30. The minimum atomic E-state index is -5.08. The van der Waals surface area contributed by atoms with E-state index < -0.39 is 18.1 Å². The molecule has 1 heterocycles. The van der Waals surface area contributed by atoms with E-state index in [9.17, 15) is 23.1 Å². The van der Waals surface area contributed by atoms with E-state index in [1.165, 1.54) is 5.56 Å². The lowest BCUT2D eigenvalue weighted by Crippen LogP contribution is -2.51. The predicted molar refractivity (Wildman–Crippen MR) is 139 cm³/mol. The van der Waals surface area contributed by atoms with Crippen LogP contribution in [0.5, 0.6) is 0 Å². The molecule has 208 valence electrons. The van der Waals surface area contributed by atoms with Crippen molar-refractivity contribution >= 4 is 40.9 Å². The topological polar surface area (TPSA) is 115 Å². The number of hydrogen-bond donors (Lipinski definition) is 3. The van der Waals surface area contributed by atoms with Gasteiger partial charge in [0.05, 0.1) is 5.56 Å². The van der Waals surface area contributed by atoms with Gasteiger partial charge in [-0.2, -0.15) is 13.2 Å². The predicted octanol–water partition coefficient (Wildman–Crippen LogP) is 4.61. The Bertz CT molecular complexity index is 1120. The number of anilines is 2. The van der Waals surface area contributed by atoms with Gasteiger partial charge in [-0.15, -0.1) is 0 Å². The maximum Gasteiger partial charge on any atom is 0.490 e. The Morgan fingerprint density at radius 3 is 2.34 bits per heavy atom. The Kier molecular flexibility index (Phi) is 11.7. The molecule has 1 aliphatic heterocycles. The second-order valence-corrected chi connectivity index (χ2v) is 8.71. The van der Waals surface area contributed by atoms with Crippen molar-refractivity contribution in [1.82, 2.24) is 4.90 Å². The van der Waals surface area contributed by atoms with Crippen LogP contribution in [0.15, 0.2) is 47.5 Å². The molecular formula is C25H30ClF3N4O5. The molecule has 0 aromatic heterocycles. The summed E-state index contributed by atoms with van der Waals surface area (Å²) in [6.07, 6.45) is -4.27. The van der Waals surface area contributed by atoms with Crippen molar-refractivity contribution in [3.05, 3.63) is 58.6 Å². The normalized spacial score (nSPS) is 14.0. The first-order chi connectivity index (χ1) is 17.9. The molecule has 0 amide bonds. The molecule has 38 heavy (non-hydrogen) atoms. The minimum Gasteiger partial charge on any atom is -0.478 e. The number of nitrogens with one attached hydrogen (secondary N) is 1. The molecule has 0 atom stereocenters. The largest absolute Gasteiger partial charge is 0.490 e. The number of alkyl halides is 3. The first-order valence-corrected chi connectivity index (χ1v) is 12.0. The van der Waals surface area contributed by atoms with Gasteiger partial charge in [0, 0.05) is 62.8 Å². The Morgan fingerprint density at radius 2 is 1.76 bits per heavy atom. The van der Waals surface area contributed by atoms with Crippen LogP contribution in [0, 0.1) is 6.92 Å². The van der Waals surface area contributed by atoms with Crippen LogP contribution in [0.25, 0.3) is 0 Å². The fourth-order valence-corrected chi connectivity index (χ4v) is 3.72. The number of aliphatic imine (C=N–C) groups is 1. The zero-order valence-electron chi connectivity index (χ0n) is 21.0. The number of halogens is 4. The van der Waals surface area contributed by atoms with E-state index in [0.717, 1.165) is 49.3 Å². The van der Waals surface area contributed by atoms with Crippen LogP contribution in [-0.2, 0) is 9.53 Å². The summed E-state index contributed by atoms with van der Waals surface area (Å²) in [5.41, 5.74) is 3.31. The van der Waals surface area contributed by atoms with Crippen LogP contribution in [-0.4, -0.2) is 85.6 Å². The number of carbonyl (C=O) groups is 2. The highest BCUT2D eigenvalue weighted by atomic mass is 35.5. The average Bonchev–Trinajstić information content (AvgIpc) is 2.87. The molecule has 3 N–H and O–H groups in total. The number of ether oxygens (including phenoxy) is 1. The van der Waals surface area contributed by atoms with E-state index >= 15 is 0 Å². The Morgan fingerprint density at radius 1 is 1.11 bits per heavy atom. The van der Waals surface area contributed by atoms with Gasteiger partial charge in [0.1, 0.15) is 0 Å². The summed E-state index contributed by atoms with van der Waals surface area (Å²) in [4.78, 5) is 29.5. The van der Waals surface area contributed by atoms with Crippen molar-refractivity contribution in [3.8, 4) is 0 Å². The molecule has 13 heteroatoms. The van der Waals surface area contributed by atoms with Crippen molar-refractivity contribution in [3.63, 3.8) is 0 Å². The number of carboxylic acid groups (broad SMARTS) is 2. The van der Waals surface area contributed by atoms with Crippen LogP contribution in [0.4, 0.5) is 24.5 Å². The lowest BCUT2D eigenvalue weighted by atomic mass is 10.1. The lowest BCUT2D eigenvalue weighted by molar-refractivity contribution is -0.192. The fourth-order valence-electron chi connectivity index (χ4n) is 3.55. The first-order valence-electron chi connectivity index (χ1n) is 11.6. The number of piperazine rings is 1. The number of aryl methyl sites for hydroxylation is 1. The molecule has 1 fully saturated rings. The summed E-state index contributed by atoms with van der Waals surface area (Å²) in [7, 11) is 1.68. The zero-order chi connectivity index (χ0) is 28.3. The number of guanidine groups is 1. The summed E-state index contributed by atoms with van der Waals surface area (Å²) in [5, 5.41) is 20.5. The van der Waals surface area contributed by atoms with Crippen LogP contribution in [0.2, 0.25) is 5.02 Å². The Labute approximate surface area is 223 Å². The number of hydrogen-bond acceptors (Lipinski definition) is 5. The molecular weight excluding hydrogens is 529 g/mol. The van der Waals surface area contributed by atoms with Crippen LogP contribution in [0.3, 0.4) is 0 Å². The molecule has 0 unspecified atom stereocenters. The van der Waals surface area contributed by atoms with E-state index in [2.05, 4.69) is 22.0 Å². The average molecular weight is 559 g/mol. The molecule has 1 saturated heterocycles. The van der Waals surface area contributed by atoms with Gasteiger partial charge in [-0.1, -0.05) is 23.7 Å². The zero-order valence-corrected chi connectivity index (χ0v) is 21.7. The first kappa shape index (κ1) is 30.7. The number of nitrogens with zero attached hydrogens (tertiary/aromatic N) is 3. The van der Waals surface area contributed by atoms with Gasteiger partial charge < -0.3 is 30.1 Å². The van der Waals surface area contributed by atoms with E-state index in [-0.39, 0.29) is 5.56 Å². The molecule has 0 spiro atoms. The van der Waals surface area contributed by atoms with Crippen molar-refractivity contribution in [1.29, 1.82) is 0 Å². The quantitative estimate of drug-likeness (QED) is 0.256. The molecule has 2 aromatic carbocycles. The second kappa shape index (κ2) is 14.4. The number of rotatable bonds is 7. The van der Waals surface area contributed by atoms with Crippen LogP contribution < -0.4 is 10.2 Å². The third-order valence-corrected chi connectivity index (χ3v) is 5.70. The van der Waals surface area contributed by atoms with E-state index in [0.29, 0.717) is 18.8 Å². The van der Waals surface area contributed by atoms with E-state index in [1.807, 2.05) is 24.3 Å². The van der Waals surface area contributed by atoms with Crippen LogP contribution >= 0.6 is 11.6 Å². The van der Waals surface area contributed by atoms with E-state index in [1.54, 1.807) is 25.3 Å². The lowest BCUT2D eigenvalue weighted by Gasteiger charge is -2.38. The van der Waals surface area contributed by atoms with Gasteiger partial charge in [-0.05, 0) is 49.2 Å². The Balaban J connectivity index is 0.000000638. The third kappa shape index (κ3) is 9.75. The van der Waals surface area contributed by atoms with Crippen molar-refractivity contribution < 1.29 is 37.7 Å². The van der Waals surface area contributed by atoms with E-state index in [4.69, 9.17) is 31.2 Å². The second-order valence-electron chi connectivity index (χ2n) is 8.27. The number of aromatic carboxylic acids is 1. The van der Waals surface area contributed by atoms with Gasteiger partial charge in [0.15, 0.2) is 5.96 Å². The third-order valence-electron chi connectivity index (χ3n) is 5.47. The molecule has 3 rings (SSSR count). The summed E-state index contributed by atoms with van der Waals surface area (Å²) < 4.78 is 36.9. The number of benzene rings is 2. The smallest absolute Gasteiger partial charge is 0.478 e. The minimum absolute atomic E-state index is 0.241. The van der Waals surface area contributed by atoms with Gasteiger partial charge in [0.25, 0.3) is 0 Å².